The summed E-state index contributed by atoms with van der Waals surface area (Å²) >= 11 is -2.54. The molecule has 2 aromatic heterocycles. The number of anilines is 1. The number of ether oxygens (including phenoxy) is 2. The third-order valence-corrected chi connectivity index (χ3v) is 24.1. The van der Waals surface area contributed by atoms with Crippen molar-refractivity contribution >= 4 is 45.0 Å². The Hall–Kier alpha value is -2.32. The fraction of sp³-hybridized carbons (Fsp3) is 0.613. The third kappa shape index (κ3) is 7.86. The average Bonchev–Trinajstić information content (AvgIpc) is 3.55. The number of aliphatic hydroxyl groups excluding tert-OH is 3. The van der Waals surface area contributed by atoms with Crippen molar-refractivity contribution in [1.82, 2.24) is 19.5 Å². The number of rotatable bonds is 16. The van der Waals surface area contributed by atoms with Crippen molar-refractivity contribution < 1.29 is 29.6 Å². The summed E-state index contributed by atoms with van der Waals surface area (Å²) in [4.78, 5) is 25.0. The van der Waals surface area contributed by atoms with E-state index < -0.39 is 49.5 Å². The summed E-state index contributed by atoms with van der Waals surface area (Å²) in [6.07, 6.45) is 4.45. The normalized spacial score (nSPS) is 20.5. The zero-order chi connectivity index (χ0) is 31.0. The predicted molar refractivity (Wildman–Crippen MR) is 168 cm³/mol. The first-order chi connectivity index (χ1) is 20.8. The number of fused-ring (bicyclic) bond motifs is 1. The fourth-order valence-electron chi connectivity index (χ4n) is 5.96. The SMILES string of the molecule is CCC[CH2][Sn]([CH2]CCC)([CH2]CCC)[c]1ccc(COc2nc(NC(C)=O)nc3c2ncn3[C@@H]2O[C@H](CO)[C@@H](O)[C@H]2O)cc1. The van der Waals surface area contributed by atoms with Gasteiger partial charge in [-0.2, -0.15) is 0 Å². The van der Waals surface area contributed by atoms with E-state index in [0.29, 0.717) is 5.52 Å². The van der Waals surface area contributed by atoms with Gasteiger partial charge < -0.3 is 15.3 Å². The number of nitrogens with zero attached hydrogens (tertiary/aromatic N) is 4. The minimum atomic E-state index is -2.54. The van der Waals surface area contributed by atoms with E-state index in [0.717, 1.165) is 5.56 Å². The molecule has 1 fully saturated rings. The van der Waals surface area contributed by atoms with Crippen LogP contribution in [-0.4, -0.2) is 84.0 Å². The van der Waals surface area contributed by atoms with E-state index >= 15 is 0 Å². The zero-order valence-electron chi connectivity index (χ0n) is 25.8. The molecule has 0 radical (unpaired) electrons. The Labute approximate surface area is 257 Å². The molecule has 3 heterocycles. The number of carbonyl (C=O) groups is 1. The second-order valence-electron chi connectivity index (χ2n) is 11.7. The number of aliphatic hydroxyl groups is 3. The van der Waals surface area contributed by atoms with Crippen molar-refractivity contribution in [3.63, 3.8) is 0 Å². The molecule has 1 amide bonds. The maximum atomic E-state index is 11.8. The topological polar surface area (TPSA) is 152 Å². The first kappa shape index (κ1) is 33.6. The summed E-state index contributed by atoms with van der Waals surface area (Å²) in [6, 6.07) is 9.00. The molecule has 12 heteroatoms. The molecule has 0 bridgehead atoms. The van der Waals surface area contributed by atoms with Crippen LogP contribution in [0.4, 0.5) is 5.95 Å². The molecule has 4 N–H and O–H groups in total. The van der Waals surface area contributed by atoms with Crippen LogP contribution in [0.25, 0.3) is 11.2 Å². The van der Waals surface area contributed by atoms with Gasteiger partial charge >= 0.3 is 225 Å². The number of imidazole rings is 1. The predicted octanol–water partition coefficient (Wildman–Crippen LogP) is 4.03. The third-order valence-electron chi connectivity index (χ3n) is 8.44. The first-order valence-corrected chi connectivity index (χ1v) is 23.1. The summed E-state index contributed by atoms with van der Waals surface area (Å²) in [5.41, 5.74) is 1.57. The van der Waals surface area contributed by atoms with Crippen molar-refractivity contribution in [2.75, 3.05) is 11.9 Å². The first-order valence-electron chi connectivity index (χ1n) is 15.6. The van der Waals surface area contributed by atoms with Crippen LogP contribution < -0.4 is 13.6 Å². The average molecular weight is 704 g/mol. The van der Waals surface area contributed by atoms with E-state index in [1.54, 1.807) is 3.58 Å². The van der Waals surface area contributed by atoms with E-state index in [-0.39, 0.29) is 30.0 Å². The number of hydrogen-bond donors (Lipinski definition) is 4. The van der Waals surface area contributed by atoms with Gasteiger partial charge in [-0.3, -0.25) is 0 Å². The van der Waals surface area contributed by atoms with Gasteiger partial charge in [0, 0.05) is 0 Å². The molecular formula is C31H47N5O6Sn. The fourth-order valence-corrected chi connectivity index (χ4v) is 21.9. The summed E-state index contributed by atoms with van der Waals surface area (Å²) in [5, 5.41) is 32.9. The van der Waals surface area contributed by atoms with E-state index in [1.165, 1.54) is 69.7 Å². The monoisotopic (exact) mass is 705 g/mol. The molecule has 1 aliphatic rings. The summed E-state index contributed by atoms with van der Waals surface area (Å²) < 4.78 is 19.1. The van der Waals surface area contributed by atoms with Crippen molar-refractivity contribution in [1.29, 1.82) is 0 Å². The molecule has 1 aromatic carbocycles. The van der Waals surface area contributed by atoms with E-state index in [1.807, 2.05) is 0 Å². The Balaban J connectivity index is 1.60. The van der Waals surface area contributed by atoms with Crippen LogP contribution in [0.15, 0.2) is 30.6 Å². The Bertz CT molecular complexity index is 1310. The number of carbonyl (C=O) groups excluding carboxylic acids is 1. The van der Waals surface area contributed by atoms with Gasteiger partial charge in [0.1, 0.15) is 12.2 Å². The second kappa shape index (κ2) is 15.6. The van der Waals surface area contributed by atoms with Gasteiger partial charge in [0.2, 0.25) is 0 Å². The molecule has 0 saturated carbocycles. The minimum absolute atomic E-state index is 0.0143. The molecule has 11 nitrogen and oxygen atoms in total. The molecule has 0 aliphatic carbocycles. The number of unbranched alkanes of at least 4 members (excludes halogenated alkanes) is 3. The van der Waals surface area contributed by atoms with E-state index in [9.17, 15) is 20.1 Å². The summed E-state index contributed by atoms with van der Waals surface area (Å²) in [5.74, 6) is -0.171. The maximum absolute atomic E-state index is 11.8. The number of hydrogen-bond acceptors (Lipinski definition) is 9. The molecule has 43 heavy (non-hydrogen) atoms. The van der Waals surface area contributed by atoms with Gasteiger partial charge in [-0.05, 0) is 0 Å². The van der Waals surface area contributed by atoms with Crippen molar-refractivity contribution in [3.05, 3.63) is 36.2 Å². The van der Waals surface area contributed by atoms with Crippen LogP contribution in [0, 0.1) is 0 Å². The van der Waals surface area contributed by atoms with Crippen molar-refractivity contribution in [2.45, 2.75) is 111 Å². The summed E-state index contributed by atoms with van der Waals surface area (Å²) in [7, 11) is 0. The van der Waals surface area contributed by atoms with Crippen LogP contribution in [0.3, 0.4) is 0 Å². The van der Waals surface area contributed by atoms with Crippen LogP contribution >= 0.6 is 0 Å². The van der Waals surface area contributed by atoms with Crippen LogP contribution in [-0.2, 0) is 16.1 Å². The Morgan fingerprint density at radius 1 is 1.00 bits per heavy atom. The molecule has 0 unspecified atom stereocenters. The number of nitrogens with one attached hydrogen (secondary N) is 1. The number of aromatic nitrogens is 4. The Kier molecular flexibility index (Phi) is 12.2. The van der Waals surface area contributed by atoms with Crippen molar-refractivity contribution in [2.24, 2.45) is 0 Å². The van der Waals surface area contributed by atoms with Crippen LogP contribution in [0.5, 0.6) is 5.88 Å². The molecule has 4 atom stereocenters. The molecular weight excluding hydrogens is 657 g/mol. The number of amides is 1. The standard InChI is InChI=1S/C19H20N5O6.3C4H9.Sn/c1-10(26)21-19-22-16-13(17(23-19)29-8-11-5-3-2-4-6-11)20-9-24(16)18-15(28)14(27)12(7-25)30-18;3*1-3-4-2;/h3-6,9,12,14-15,18,25,27-28H,7-8H2,1H3,(H,21,22,23,26);3*1,3-4H2,2H3;/t12-,14-,15-,18-;;;;/m1..../s1. The molecule has 236 valence electrons. The Morgan fingerprint density at radius 2 is 1.63 bits per heavy atom. The quantitative estimate of drug-likeness (QED) is 0.162. The summed E-state index contributed by atoms with van der Waals surface area (Å²) in [6.45, 7) is 8.01. The van der Waals surface area contributed by atoms with Gasteiger partial charge in [0.05, 0.1) is 6.61 Å². The van der Waals surface area contributed by atoms with Gasteiger partial charge in [-0.15, -0.1) is 0 Å². The van der Waals surface area contributed by atoms with Gasteiger partial charge in [-0.25, -0.2) is 0 Å². The molecule has 4 rings (SSSR count). The molecule has 1 aliphatic heterocycles. The van der Waals surface area contributed by atoms with Gasteiger partial charge in [-0.1, -0.05) is 0 Å². The molecule has 1 saturated heterocycles. The van der Waals surface area contributed by atoms with E-state index in [2.05, 4.69) is 65.3 Å². The molecule has 0 spiro atoms. The van der Waals surface area contributed by atoms with Gasteiger partial charge in [0.15, 0.2) is 0 Å². The van der Waals surface area contributed by atoms with E-state index in [4.69, 9.17) is 9.47 Å². The van der Waals surface area contributed by atoms with Crippen molar-refractivity contribution in [3.8, 4) is 5.88 Å². The van der Waals surface area contributed by atoms with Gasteiger partial charge in [0.25, 0.3) is 0 Å². The molecule has 3 aromatic rings. The number of benzene rings is 1. The zero-order valence-corrected chi connectivity index (χ0v) is 28.7. The Morgan fingerprint density at radius 3 is 2.16 bits per heavy atom. The van der Waals surface area contributed by atoms with Crippen LogP contribution in [0.2, 0.25) is 13.3 Å². The van der Waals surface area contributed by atoms with Crippen LogP contribution in [0.1, 0.15) is 78.0 Å². The second-order valence-corrected chi connectivity index (χ2v) is 24.9.